The Balaban J connectivity index is 1.85. The molecule has 0 aromatic heterocycles. The lowest BCUT2D eigenvalue weighted by Crippen LogP contribution is -2.43. The van der Waals surface area contributed by atoms with Gasteiger partial charge in [-0.1, -0.05) is 24.3 Å². The summed E-state index contributed by atoms with van der Waals surface area (Å²) in [5.74, 6) is -2.81. The molecule has 0 aliphatic carbocycles. The van der Waals surface area contributed by atoms with E-state index >= 15 is 0 Å². The number of ether oxygens (including phenoxy) is 1. The zero-order valence-corrected chi connectivity index (χ0v) is 12.7. The standard InChI is InChI=1S/C16H14N2O6/c1-15-6-7-16(8-19,24-15)12-11(15)13(20)17(14(12)21)9-4-2-3-5-10(9)18(22)23/h2-7,11-12,19H,8H2,1H3/t11-,12-,15-,16-/m1/s1. The second-order valence-corrected chi connectivity index (χ2v) is 6.45. The quantitative estimate of drug-likeness (QED) is 0.380. The summed E-state index contributed by atoms with van der Waals surface area (Å²) in [7, 11) is 0. The van der Waals surface area contributed by atoms with Crippen LogP contribution >= 0.6 is 0 Å². The average molecular weight is 330 g/mol. The van der Waals surface area contributed by atoms with Crippen LogP contribution in [0.15, 0.2) is 36.4 Å². The minimum atomic E-state index is -1.25. The van der Waals surface area contributed by atoms with Gasteiger partial charge in [0.25, 0.3) is 5.69 Å². The molecular formula is C16H14N2O6. The topological polar surface area (TPSA) is 110 Å². The normalized spacial score (nSPS) is 36.5. The van der Waals surface area contributed by atoms with Gasteiger partial charge in [0, 0.05) is 6.07 Å². The van der Waals surface area contributed by atoms with Gasteiger partial charge in [-0.3, -0.25) is 19.7 Å². The third-order valence-electron chi connectivity index (χ3n) is 5.12. The minimum Gasteiger partial charge on any atom is -0.393 e. The largest absolute Gasteiger partial charge is 0.393 e. The summed E-state index contributed by atoms with van der Waals surface area (Å²) in [4.78, 5) is 37.3. The molecule has 0 saturated carbocycles. The monoisotopic (exact) mass is 330 g/mol. The predicted molar refractivity (Wildman–Crippen MR) is 81.0 cm³/mol. The molecule has 2 amide bonds. The van der Waals surface area contributed by atoms with Crippen LogP contribution in [0.4, 0.5) is 11.4 Å². The Morgan fingerprint density at radius 3 is 2.58 bits per heavy atom. The number of aliphatic hydroxyl groups excluding tert-OH is 1. The molecule has 1 aromatic carbocycles. The van der Waals surface area contributed by atoms with Gasteiger partial charge in [0.05, 0.1) is 29.0 Å². The molecule has 3 aliphatic heterocycles. The van der Waals surface area contributed by atoms with Crippen LogP contribution in [0.1, 0.15) is 6.92 Å². The van der Waals surface area contributed by atoms with Gasteiger partial charge in [-0.15, -0.1) is 0 Å². The van der Waals surface area contributed by atoms with Crippen LogP contribution in [0.25, 0.3) is 0 Å². The molecule has 4 rings (SSSR count). The van der Waals surface area contributed by atoms with Crippen molar-refractivity contribution in [1.82, 2.24) is 0 Å². The Labute approximate surface area is 136 Å². The fraction of sp³-hybridized carbons (Fsp3) is 0.375. The van der Waals surface area contributed by atoms with Crippen LogP contribution in [0, 0.1) is 22.0 Å². The number of hydrogen-bond acceptors (Lipinski definition) is 6. The third kappa shape index (κ3) is 1.59. The molecule has 1 aromatic rings. The maximum Gasteiger partial charge on any atom is 0.293 e. The van der Waals surface area contributed by atoms with Gasteiger partial charge in [-0.05, 0) is 13.0 Å². The molecule has 2 fully saturated rings. The van der Waals surface area contributed by atoms with Gasteiger partial charge < -0.3 is 9.84 Å². The Kier molecular flexibility index (Phi) is 2.80. The van der Waals surface area contributed by atoms with Crippen LogP contribution in [0.2, 0.25) is 0 Å². The van der Waals surface area contributed by atoms with E-state index in [1.165, 1.54) is 24.3 Å². The van der Waals surface area contributed by atoms with Gasteiger partial charge in [0.1, 0.15) is 11.3 Å². The van der Waals surface area contributed by atoms with Crippen LogP contribution in [-0.4, -0.2) is 39.7 Å². The zero-order chi connectivity index (χ0) is 17.3. The van der Waals surface area contributed by atoms with Crippen LogP contribution in [0.5, 0.6) is 0 Å². The number of imide groups is 1. The number of nitrogens with zero attached hydrogens (tertiary/aromatic N) is 2. The number of benzene rings is 1. The van der Waals surface area contributed by atoms with Gasteiger partial charge in [0.15, 0.2) is 0 Å². The molecular weight excluding hydrogens is 316 g/mol. The van der Waals surface area contributed by atoms with Crippen molar-refractivity contribution in [3.8, 4) is 0 Å². The van der Waals surface area contributed by atoms with Crippen LogP contribution in [0.3, 0.4) is 0 Å². The molecule has 4 atom stereocenters. The van der Waals surface area contributed by atoms with E-state index in [9.17, 15) is 24.8 Å². The first-order chi connectivity index (χ1) is 11.3. The Morgan fingerprint density at radius 1 is 1.25 bits per heavy atom. The van der Waals surface area contributed by atoms with Gasteiger partial charge in [0.2, 0.25) is 11.8 Å². The summed E-state index contributed by atoms with van der Waals surface area (Å²) in [5, 5.41) is 21.0. The minimum absolute atomic E-state index is 0.0528. The van der Waals surface area contributed by atoms with E-state index in [1.807, 2.05) is 0 Å². The van der Waals surface area contributed by atoms with E-state index in [4.69, 9.17) is 4.74 Å². The highest BCUT2D eigenvalue weighted by molar-refractivity contribution is 6.24. The Bertz CT molecular complexity index is 821. The summed E-state index contributed by atoms with van der Waals surface area (Å²) >= 11 is 0. The summed E-state index contributed by atoms with van der Waals surface area (Å²) < 4.78 is 5.80. The molecule has 24 heavy (non-hydrogen) atoms. The first-order valence-electron chi connectivity index (χ1n) is 7.47. The molecule has 0 radical (unpaired) electrons. The summed E-state index contributed by atoms with van der Waals surface area (Å²) in [6.07, 6.45) is 3.29. The molecule has 8 heteroatoms. The highest BCUT2D eigenvalue weighted by Gasteiger charge is 2.72. The molecule has 3 aliphatic rings. The van der Waals surface area contributed by atoms with Crippen molar-refractivity contribution in [1.29, 1.82) is 0 Å². The molecule has 124 valence electrons. The van der Waals surface area contributed by atoms with Crippen molar-refractivity contribution in [2.24, 2.45) is 11.8 Å². The number of nitro benzene ring substituents is 1. The number of anilines is 1. The fourth-order valence-corrected chi connectivity index (χ4v) is 4.09. The zero-order valence-electron chi connectivity index (χ0n) is 12.7. The number of hydrogen-bond donors (Lipinski definition) is 1. The van der Waals surface area contributed by atoms with Crippen molar-refractivity contribution in [2.45, 2.75) is 18.1 Å². The van der Waals surface area contributed by atoms with E-state index in [0.717, 1.165) is 4.90 Å². The predicted octanol–water partition coefficient (Wildman–Crippen LogP) is 0.790. The lowest BCUT2D eigenvalue weighted by Gasteiger charge is -2.26. The summed E-state index contributed by atoms with van der Waals surface area (Å²) in [6, 6.07) is 5.62. The Hall–Kier alpha value is -2.58. The third-order valence-corrected chi connectivity index (χ3v) is 5.12. The molecule has 0 spiro atoms. The number of fused-ring (bicyclic) bond motifs is 5. The Morgan fingerprint density at radius 2 is 1.92 bits per heavy atom. The maximum atomic E-state index is 12.9. The first kappa shape index (κ1) is 15.0. The summed E-state index contributed by atoms with van der Waals surface area (Å²) in [5.41, 5.74) is -2.62. The van der Waals surface area contributed by atoms with Crippen molar-refractivity contribution >= 4 is 23.2 Å². The van der Waals surface area contributed by atoms with Gasteiger partial charge >= 0.3 is 0 Å². The number of carbonyl (C=O) groups is 2. The van der Waals surface area contributed by atoms with Crippen LogP contribution in [-0.2, 0) is 14.3 Å². The molecule has 2 bridgehead atoms. The number of carbonyl (C=O) groups excluding carboxylic acids is 2. The second-order valence-electron chi connectivity index (χ2n) is 6.45. The second kappa shape index (κ2) is 4.49. The van der Waals surface area contributed by atoms with E-state index in [2.05, 4.69) is 0 Å². The highest BCUT2D eigenvalue weighted by atomic mass is 16.6. The van der Waals surface area contributed by atoms with Gasteiger partial charge in [-0.25, -0.2) is 4.90 Å². The number of nitro groups is 1. The first-order valence-corrected chi connectivity index (χ1v) is 7.47. The van der Waals surface area contributed by atoms with Gasteiger partial charge in [-0.2, -0.15) is 0 Å². The lowest BCUT2D eigenvalue weighted by atomic mass is 9.73. The molecule has 0 unspecified atom stereocenters. The lowest BCUT2D eigenvalue weighted by molar-refractivity contribution is -0.384. The number of aliphatic hydroxyl groups is 1. The SMILES string of the molecule is C[C@]12C=C[C@](CO)(O1)[C@H]1C(=O)N(c3ccccc3[N+](=O)[O-])C(=O)[C@@H]12. The van der Waals surface area contributed by atoms with Crippen molar-refractivity contribution in [2.75, 3.05) is 11.5 Å². The van der Waals surface area contributed by atoms with E-state index in [-0.39, 0.29) is 11.4 Å². The maximum absolute atomic E-state index is 12.9. The van der Waals surface area contributed by atoms with E-state index in [1.54, 1.807) is 19.1 Å². The van der Waals surface area contributed by atoms with Crippen molar-refractivity contribution in [3.63, 3.8) is 0 Å². The average Bonchev–Trinajstić information content (AvgIpc) is 3.13. The number of amides is 2. The van der Waals surface area contributed by atoms with Crippen LogP contribution < -0.4 is 4.90 Å². The van der Waals surface area contributed by atoms with Crippen molar-refractivity contribution in [3.05, 3.63) is 46.5 Å². The number of rotatable bonds is 3. The molecule has 8 nitrogen and oxygen atoms in total. The molecule has 3 heterocycles. The molecule has 1 N–H and O–H groups in total. The van der Waals surface area contributed by atoms with E-state index < -0.39 is 46.4 Å². The van der Waals surface area contributed by atoms with E-state index in [0.29, 0.717) is 0 Å². The summed E-state index contributed by atoms with van der Waals surface area (Å²) in [6.45, 7) is 1.24. The molecule has 2 saturated heterocycles. The smallest absolute Gasteiger partial charge is 0.293 e. The fourth-order valence-electron chi connectivity index (χ4n) is 4.09. The highest BCUT2D eigenvalue weighted by Crippen LogP contribution is 2.57. The van der Waals surface area contributed by atoms with Crippen molar-refractivity contribution < 1.29 is 24.4 Å². The number of para-hydroxylation sites is 2.